The zero-order valence-corrected chi connectivity index (χ0v) is 28.7. The van der Waals surface area contributed by atoms with E-state index < -0.39 is 89.8 Å². The Bertz CT molecular complexity index is 1120. The number of alkyl carbamates (subject to hydrolysis) is 1. The molecule has 0 aromatic heterocycles. The molecule has 1 aliphatic heterocycles. The van der Waals surface area contributed by atoms with Gasteiger partial charge in [-0.05, 0) is 57.8 Å². The van der Waals surface area contributed by atoms with Crippen LogP contribution in [0, 0.1) is 17.8 Å². The third-order valence-electron chi connectivity index (χ3n) is 7.21. The Kier molecular flexibility index (Phi) is 15.4. The number of amides is 5. The minimum atomic E-state index is -1.49. The van der Waals surface area contributed by atoms with Gasteiger partial charge in [0.1, 0.15) is 35.8 Å². The van der Waals surface area contributed by atoms with Crippen LogP contribution in [0.4, 0.5) is 4.79 Å². The zero-order chi connectivity index (χ0) is 35.5. The molecule has 15 heteroatoms. The largest absolute Gasteiger partial charge is 0.481 e. The Morgan fingerprint density at radius 3 is 1.89 bits per heavy atom. The van der Waals surface area contributed by atoms with E-state index in [4.69, 9.17) is 9.47 Å². The van der Waals surface area contributed by atoms with Crippen molar-refractivity contribution in [3.63, 3.8) is 0 Å². The van der Waals surface area contributed by atoms with Gasteiger partial charge in [-0.25, -0.2) is 9.59 Å². The summed E-state index contributed by atoms with van der Waals surface area (Å²) < 4.78 is 9.98. The van der Waals surface area contributed by atoms with Crippen molar-refractivity contribution in [3.05, 3.63) is 0 Å². The molecule has 1 aliphatic rings. The maximum atomic E-state index is 13.5. The summed E-state index contributed by atoms with van der Waals surface area (Å²) in [5.41, 5.74) is -0.893. The van der Waals surface area contributed by atoms with E-state index in [9.17, 15) is 38.7 Å². The van der Waals surface area contributed by atoms with E-state index in [1.54, 1.807) is 48.5 Å². The predicted molar refractivity (Wildman–Crippen MR) is 167 cm³/mol. The van der Waals surface area contributed by atoms with Gasteiger partial charge in [-0.3, -0.25) is 24.0 Å². The van der Waals surface area contributed by atoms with Gasteiger partial charge in [-0.15, -0.1) is 0 Å². The fourth-order valence-electron chi connectivity index (χ4n) is 4.96. The molecule has 1 rings (SSSR count). The molecular weight excluding hydrogens is 602 g/mol. The van der Waals surface area contributed by atoms with Crippen molar-refractivity contribution in [2.75, 3.05) is 13.7 Å². The number of carbonyl (C=O) groups excluding carboxylic acids is 6. The van der Waals surface area contributed by atoms with Crippen LogP contribution >= 0.6 is 0 Å². The second-order valence-electron chi connectivity index (χ2n) is 13.7. The highest BCUT2D eigenvalue weighted by atomic mass is 16.6. The van der Waals surface area contributed by atoms with Crippen molar-refractivity contribution in [3.8, 4) is 0 Å². The van der Waals surface area contributed by atoms with Crippen LogP contribution in [0.1, 0.15) is 88.0 Å². The van der Waals surface area contributed by atoms with Crippen LogP contribution in [0.3, 0.4) is 0 Å². The van der Waals surface area contributed by atoms with Crippen molar-refractivity contribution in [1.29, 1.82) is 0 Å². The Labute approximate surface area is 271 Å². The predicted octanol–water partition coefficient (Wildman–Crippen LogP) is 1.33. The SMILES string of the molecule is COC(=O)[C@@H](NC(=O)[C@H](CC(C)C)NC(=O)[C@H](NC(=O)[C@@H]1CCCN1C(=O)[C@H](CC(=O)O)NC(=O)OC(C)(C)C)C(C)C)C(C)C. The minimum Gasteiger partial charge on any atom is -0.481 e. The average molecular weight is 656 g/mol. The molecule has 0 spiro atoms. The lowest BCUT2D eigenvalue weighted by Gasteiger charge is -2.31. The molecule has 1 saturated heterocycles. The fourth-order valence-corrected chi connectivity index (χ4v) is 4.96. The molecule has 262 valence electrons. The fraction of sp³-hybridized carbons (Fsp3) is 0.774. The molecule has 46 heavy (non-hydrogen) atoms. The first-order chi connectivity index (χ1) is 21.2. The molecule has 0 unspecified atom stereocenters. The normalized spacial score (nSPS) is 17.5. The first-order valence-corrected chi connectivity index (χ1v) is 15.7. The van der Waals surface area contributed by atoms with Gasteiger partial charge < -0.3 is 40.7 Å². The first-order valence-electron chi connectivity index (χ1n) is 15.7. The highest BCUT2D eigenvalue weighted by molar-refractivity contribution is 5.97. The molecule has 0 aliphatic carbocycles. The lowest BCUT2D eigenvalue weighted by molar-refractivity contribution is -0.147. The van der Waals surface area contributed by atoms with Gasteiger partial charge in [0.05, 0.1) is 13.5 Å². The Morgan fingerprint density at radius 2 is 1.41 bits per heavy atom. The van der Waals surface area contributed by atoms with Gasteiger partial charge in [0.2, 0.25) is 23.6 Å². The number of methoxy groups -OCH3 is 1. The third-order valence-corrected chi connectivity index (χ3v) is 7.21. The molecule has 0 aromatic rings. The molecule has 0 aromatic carbocycles. The van der Waals surface area contributed by atoms with E-state index in [1.807, 2.05) is 13.8 Å². The van der Waals surface area contributed by atoms with E-state index >= 15 is 0 Å². The lowest BCUT2D eigenvalue weighted by Crippen LogP contribution is -2.60. The van der Waals surface area contributed by atoms with E-state index in [1.165, 1.54) is 12.0 Å². The topological polar surface area (TPSA) is 210 Å². The standard InChI is InChI=1S/C31H53N5O10/c1-16(2)14-19(25(39)35-24(18(5)6)29(43)45-10)32-27(41)23(17(3)4)34-26(40)21-12-11-13-36(21)28(42)20(15-22(37)38)33-30(44)46-31(7,8)9/h16-21,23-24H,11-15H2,1-10H3,(H,32,41)(H,33,44)(H,34,40)(H,35,39)(H,37,38)/t19-,20-,21-,23+,24-/m0/s1. The maximum absolute atomic E-state index is 13.5. The summed E-state index contributed by atoms with van der Waals surface area (Å²) in [6, 6.07) is -5.55. The maximum Gasteiger partial charge on any atom is 0.408 e. The number of ether oxygens (including phenoxy) is 2. The van der Waals surface area contributed by atoms with Crippen LogP contribution in [0.5, 0.6) is 0 Å². The summed E-state index contributed by atoms with van der Waals surface area (Å²) in [5.74, 6) is -5.28. The molecule has 5 amide bonds. The number of carboxylic acid groups (broad SMARTS) is 1. The number of likely N-dealkylation sites (tertiary alicyclic amines) is 1. The number of aliphatic carboxylic acids is 1. The summed E-state index contributed by atoms with van der Waals surface area (Å²) in [7, 11) is 1.22. The smallest absolute Gasteiger partial charge is 0.408 e. The van der Waals surface area contributed by atoms with Gasteiger partial charge in [0.25, 0.3) is 0 Å². The van der Waals surface area contributed by atoms with Crippen molar-refractivity contribution >= 4 is 41.7 Å². The molecule has 5 atom stereocenters. The van der Waals surface area contributed by atoms with E-state index in [0.717, 1.165) is 0 Å². The van der Waals surface area contributed by atoms with E-state index in [-0.39, 0.29) is 31.2 Å². The number of hydrogen-bond donors (Lipinski definition) is 5. The van der Waals surface area contributed by atoms with Crippen LogP contribution < -0.4 is 21.3 Å². The molecule has 1 fully saturated rings. The lowest BCUT2D eigenvalue weighted by atomic mass is 9.98. The molecule has 0 radical (unpaired) electrons. The Morgan fingerprint density at radius 1 is 0.826 bits per heavy atom. The number of rotatable bonds is 15. The molecule has 1 heterocycles. The highest BCUT2D eigenvalue weighted by Gasteiger charge is 2.41. The average Bonchev–Trinajstić information content (AvgIpc) is 3.41. The van der Waals surface area contributed by atoms with Crippen LogP contribution in [-0.4, -0.2) is 101 Å². The molecule has 0 saturated carbocycles. The monoisotopic (exact) mass is 655 g/mol. The van der Waals surface area contributed by atoms with Crippen molar-refractivity contribution < 1.29 is 48.1 Å². The van der Waals surface area contributed by atoms with Crippen molar-refractivity contribution in [1.82, 2.24) is 26.2 Å². The Balaban J connectivity index is 3.14. The summed E-state index contributed by atoms with van der Waals surface area (Å²) in [4.78, 5) is 91.0. The second kappa shape index (κ2) is 17.7. The number of nitrogens with zero attached hydrogens (tertiary/aromatic N) is 1. The number of carboxylic acids is 1. The number of nitrogens with one attached hydrogen (secondary N) is 4. The molecule has 0 bridgehead atoms. The van der Waals surface area contributed by atoms with Crippen LogP contribution in [0.25, 0.3) is 0 Å². The van der Waals surface area contributed by atoms with E-state index in [2.05, 4.69) is 21.3 Å². The highest BCUT2D eigenvalue weighted by Crippen LogP contribution is 2.21. The van der Waals surface area contributed by atoms with Crippen LogP contribution in [0.15, 0.2) is 0 Å². The van der Waals surface area contributed by atoms with E-state index in [0.29, 0.717) is 6.42 Å². The van der Waals surface area contributed by atoms with Gasteiger partial charge in [0.15, 0.2) is 0 Å². The number of carbonyl (C=O) groups is 7. The minimum absolute atomic E-state index is 0.00938. The Hall–Kier alpha value is -3.91. The van der Waals surface area contributed by atoms with Gasteiger partial charge >= 0.3 is 18.0 Å². The van der Waals surface area contributed by atoms with Crippen molar-refractivity contribution in [2.24, 2.45) is 17.8 Å². The second-order valence-corrected chi connectivity index (χ2v) is 13.7. The quantitative estimate of drug-likeness (QED) is 0.160. The summed E-state index contributed by atoms with van der Waals surface area (Å²) in [6.07, 6.45) is -0.771. The summed E-state index contributed by atoms with van der Waals surface area (Å²) >= 11 is 0. The zero-order valence-electron chi connectivity index (χ0n) is 28.7. The first kappa shape index (κ1) is 40.1. The summed E-state index contributed by atoms with van der Waals surface area (Å²) in [5, 5.41) is 19.8. The van der Waals surface area contributed by atoms with Gasteiger partial charge in [0, 0.05) is 6.54 Å². The van der Waals surface area contributed by atoms with Gasteiger partial charge in [-0.1, -0.05) is 41.5 Å². The number of hydrogen-bond acceptors (Lipinski definition) is 9. The molecule has 15 nitrogen and oxygen atoms in total. The van der Waals surface area contributed by atoms with Crippen LogP contribution in [0.2, 0.25) is 0 Å². The molecule has 5 N–H and O–H groups in total. The number of esters is 1. The summed E-state index contributed by atoms with van der Waals surface area (Å²) in [6.45, 7) is 15.6. The third kappa shape index (κ3) is 12.8. The van der Waals surface area contributed by atoms with Crippen LogP contribution in [-0.2, 0) is 38.2 Å². The molecular formula is C31H53N5O10. The van der Waals surface area contributed by atoms with Crippen molar-refractivity contribution in [2.45, 2.75) is 124 Å². The van der Waals surface area contributed by atoms with Gasteiger partial charge in [-0.2, -0.15) is 0 Å².